The molecule has 2 unspecified atom stereocenters. The Hall–Kier alpha value is -0.790. The molecule has 0 aliphatic heterocycles. The Balaban J connectivity index is 2.33. The number of Topliss-reactive ketones (excluding diaryl/α,β-unsaturated/α-hetero) is 2. The van der Waals surface area contributed by atoms with Gasteiger partial charge in [-0.3, -0.25) is 9.59 Å². The predicted molar refractivity (Wildman–Crippen MR) is 87.9 cm³/mol. The van der Waals surface area contributed by atoms with Crippen molar-refractivity contribution in [2.24, 2.45) is 0 Å². The summed E-state index contributed by atoms with van der Waals surface area (Å²) in [5.41, 5.74) is 0.311. The van der Waals surface area contributed by atoms with E-state index < -0.39 is 22.2 Å². The second-order valence-corrected chi connectivity index (χ2v) is 7.78. The fourth-order valence-corrected chi connectivity index (χ4v) is 3.58. The van der Waals surface area contributed by atoms with Crippen LogP contribution in [-0.2, 0) is 14.3 Å². The normalized spacial score (nSPS) is 26.0. The number of carbonyl (C=O) groups is 3. The second kappa shape index (κ2) is 6.14. The third-order valence-corrected chi connectivity index (χ3v) is 5.87. The van der Waals surface area contributed by atoms with Crippen LogP contribution < -0.4 is 0 Å². The van der Waals surface area contributed by atoms with Gasteiger partial charge in [0.25, 0.3) is 0 Å². The summed E-state index contributed by atoms with van der Waals surface area (Å²) in [5.74, 6) is -1.52. The molecule has 0 heterocycles. The highest BCUT2D eigenvalue weighted by atomic mass is 79.9. The molecule has 0 radical (unpaired) electrons. The van der Waals surface area contributed by atoms with Crippen molar-refractivity contribution in [1.82, 2.24) is 0 Å². The van der Waals surface area contributed by atoms with Crippen LogP contribution >= 0.6 is 47.8 Å². The molecule has 0 spiro atoms. The van der Waals surface area contributed by atoms with Gasteiger partial charge < -0.3 is 4.74 Å². The minimum Gasteiger partial charge on any atom is -0.448 e. The molecule has 0 saturated carbocycles. The van der Waals surface area contributed by atoms with Crippen molar-refractivity contribution in [2.75, 3.05) is 0 Å². The molecule has 1 aromatic carbocycles. The molecule has 2 rings (SSSR count). The maximum Gasteiger partial charge on any atom is 0.338 e. The number of alkyl halides is 1. The van der Waals surface area contributed by atoms with Crippen LogP contribution in [0, 0.1) is 0 Å². The number of ketones is 2. The zero-order valence-electron chi connectivity index (χ0n) is 10.7. The van der Waals surface area contributed by atoms with E-state index in [9.17, 15) is 14.4 Å². The SMILES string of the molecule is CC1(Br)C(=O)C(Br)=C(Br)C(=O)C1OC(=O)c1ccccc1. The number of esters is 1. The maximum absolute atomic E-state index is 12.3. The summed E-state index contributed by atoms with van der Waals surface area (Å²) in [4.78, 5) is 36.6. The van der Waals surface area contributed by atoms with E-state index in [0.29, 0.717) is 5.56 Å². The topological polar surface area (TPSA) is 60.4 Å². The molecule has 4 nitrogen and oxygen atoms in total. The molecule has 21 heavy (non-hydrogen) atoms. The summed E-state index contributed by atoms with van der Waals surface area (Å²) < 4.78 is 4.13. The van der Waals surface area contributed by atoms with Gasteiger partial charge in [0.05, 0.1) is 14.5 Å². The van der Waals surface area contributed by atoms with Gasteiger partial charge in [0.1, 0.15) is 4.32 Å². The lowest BCUT2D eigenvalue weighted by Crippen LogP contribution is -2.52. The number of benzene rings is 1. The summed E-state index contributed by atoms with van der Waals surface area (Å²) in [6, 6.07) is 8.28. The van der Waals surface area contributed by atoms with Crippen molar-refractivity contribution < 1.29 is 19.1 Å². The third kappa shape index (κ3) is 3.05. The molecule has 1 aliphatic carbocycles. The zero-order chi connectivity index (χ0) is 15.8. The van der Waals surface area contributed by atoms with Gasteiger partial charge in [0.15, 0.2) is 11.9 Å². The lowest BCUT2D eigenvalue weighted by molar-refractivity contribution is -0.131. The second-order valence-electron chi connectivity index (χ2n) is 4.55. The van der Waals surface area contributed by atoms with Gasteiger partial charge in [-0.05, 0) is 50.9 Å². The van der Waals surface area contributed by atoms with Crippen LogP contribution in [0.5, 0.6) is 0 Å². The Labute approximate surface area is 146 Å². The molecule has 0 amide bonds. The van der Waals surface area contributed by atoms with Gasteiger partial charge >= 0.3 is 5.97 Å². The van der Waals surface area contributed by atoms with Gasteiger partial charge in [-0.2, -0.15) is 0 Å². The van der Waals surface area contributed by atoms with Crippen molar-refractivity contribution in [3.63, 3.8) is 0 Å². The first-order valence-electron chi connectivity index (χ1n) is 5.86. The molecule has 7 heteroatoms. The van der Waals surface area contributed by atoms with Gasteiger partial charge in [-0.15, -0.1) is 0 Å². The number of rotatable bonds is 2. The van der Waals surface area contributed by atoms with E-state index in [-0.39, 0.29) is 14.7 Å². The van der Waals surface area contributed by atoms with Gasteiger partial charge in [0.2, 0.25) is 5.78 Å². The van der Waals surface area contributed by atoms with Crippen molar-refractivity contribution in [3.8, 4) is 0 Å². The average molecular weight is 481 g/mol. The third-order valence-electron chi connectivity index (χ3n) is 3.02. The first-order valence-corrected chi connectivity index (χ1v) is 8.24. The number of ether oxygens (including phenoxy) is 1. The van der Waals surface area contributed by atoms with Crippen LogP contribution in [0.25, 0.3) is 0 Å². The highest BCUT2D eigenvalue weighted by molar-refractivity contribution is 9.15. The van der Waals surface area contributed by atoms with Crippen molar-refractivity contribution in [1.29, 1.82) is 0 Å². The van der Waals surface area contributed by atoms with Crippen LogP contribution in [-0.4, -0.2) is 28.0 Å². The molecule has 110 valence electrons. The van der Waals surface area contributed by atoms with E-state index in [4.69, 9.17) is 4.74 Å². The first kappa shape index (κ1) is 16.6. The lowest BCUT2D eigenvalue weighted by Gasteiger charge is -2.33. The number of halogens is 3. The van der Waals surface area contributed by atoms with Crippen LogP contribution in [0.1, 0.15) is 17.3 Å². The summed E-state index contributed by atoms with van der Waals surface area (Å²) in [6.07, 6.45) is -1.24. The van der Waals surface area contributed by atoms with E-state index in [2.05, 4.69) is 47.8 Å². The Morgan fingerprint density at radius 1 is 1.14 bits per heavy atom. The van der Waals surface area contributed by atoms with Gasteiger partial charge in [0, 0.05) is 0 Å². The number of hydrogen-bond donors (Lipinski definition) is 0. The molecule has 0 N–H and O–H groups in total. The highest BCUT2D eigenvalue weighted by Gasteiger charge is 2.52. The van der Waals surface area contributed by atoms with Crippen LogP contribution in [0.15, 0.2) is 39.3 Å². The maximum atomic E-state index is 12.3. The Bertz CT molecular complexity index is 649. The van der Waals surface area contributed by atoms with E-state index in [1.807, 2.05) is 0 Å². The predicted octanol–water partition coefficient (Wildman–Crippen LogP) is 3.52. The summed E-state index contributed by atoms with van der Waals surface area (Å²) in [6.45, 7) is 1.50. The molecule has 0 saturated heterocycles. The van der Waals surface area contributed by atoms with E-state index in [1.165, 1.54) is 6.92 Å². The van der Waals surface area contributed by atoms with Gasteiger partial charge in [-0.25, -0.2) is 4.79 Å². The fourth-order valence-electron chi connectivity index (χ4n) is 1.82. The summed E-state index contributed by atoms with van der Waals surface area (Å²) >= 11 is 9.31. The molecular weight excluding hydrogens is 472 g/mol. The number of allylic oxidation sites excluding steroid dienone is 1. The monoisotopic (exact) mass is 478 g/mol. The molecule has 1 aliphatic rings. The highest BCUT2D eigenvalue weighted by Crippen LogP contribution is 2.40. The van der Waals surface area contributed by atoms with Crippen LogP contribution in [0.3, 0.4) is 0 Å². The van der Waals surface area contributed by atoms with E-state index in [1.54, 1.807) is 30.3 Å². The van der Waals surface area contributed by atoms with Crippen molar-refractivity contribution in [2.45, 2.75) is 17.4 Å². The Morgan fingerprint density at radius 3 is 2.29 bits per heavy atom. The van der Waals surface area contributed by atoms with Crippen molar-refractivity contribution in [3.05, 3.63) is 44.9 Å². The molecule has 0 fully saturated rings. The summed E-state index contributed by atoms with van der Waals surface area (Å²) in [5, 5.41) is 0. The number of hydrogen-bond acceptors (Lipinski definition) is 4. The summed E-state index contributed by atoms with van der Waals surface area (Å²) in [7, 11) is 0. The minimum atomic E-state index is -1.31. The Kier molecular flexibility index (Phi) is 4.85. The molecular formula is C14H9Br3O4. The molecule has 0 bridgehead atoms. The molecule has 1 aromatic rings. The molecule has 2 atom stereocenters. The smallest absolute Gasteiger partial charge is 0.338 e. The van der Waals surface area contributed by atoms with Crippen LogP contribution in [0.4, 0.5) is 0 Å². The molecule has 0 aromatic heterocycles. The number of carbonyl (C=O) groups excluding carboxylic acids is 3. The quantitative estimate of drug-likeness (QED) is 0.480. The van der Waals surface area contributed by atoms with Crippen molar-refractivity contribution >= 4 is 65.3 Å². The largest absolute Gasteiger partial charge is 0.448 e. The first-order chi connectivity index (χ1) is 9.76. The lowest BCUT2D eigenvalue weighted by atomic mass is 9.90. The standard InChI is InChI=1S/C14H9Br3O4/c1-14(17)11(19)9(16)8(15)10(18)12(14)21-13(20)7-5-3-2-4-6-7/h2-6,12H,1H3. The zero-order valence-corrected chi connectivity index (χ0v) is 15.5. The van der Waals surface area contributed by atoms with E-state index >= 15 is 0 Å². The average Bonchev–Trinajstić information content (AvgIpc) is 2.48. The minimum absolute atomic E-state index is 0.0651. The van der Waals surface area contributed by atoms with Gasteiger partial charge in [-0.1, -0.05) is 34.1 Å². The van der Waals surface area contributed by atoms with Crippen LogP contribution in [0.2, 0.25) is 0 Å². The Morgan fingerprint density at radius 2 is 1.71 bits per heavy atom. The van der Waals surface area contributed by atoms with E-state index in [0.717, 1.165) is 0 Å². The fraction of sp³-hybridized carbons (Fsp3) is 0.214.